The molecule has 0 heterocycles. The molecule has 10 N–H and O–H groups in total. The van der Waals surface area contributed by atoms with Crippen LogP contribution in [0, 0.1) is 0 Å². The maximum atomic E-state index is 10.9. The number of nitrogens with two attached hydrogens (primary N) is 3. The van der Waals surface area contributed by atoms with Crippen LogP contribution in [-0.4, -0.2) is 64.4 Å². The third-order valence-corrected chi connectivity index (χ3v) is 4.35. The third kappa shape index (κ3) is 13.2. The average Bonchev–Trinajstić information content (AvgIpc) is 2.63. The minimum absolute atomic E-state index is 0.310. The molecule has 0 bridgehead atoms. The van der Waals surface area contributed by atoms with E-state index >= 15 is 0 Å². The summed E-state index contributed by atoms with van der Waals surface area (Å²) in [5.41, 5.74) is 17.5. The monoisotopic (exact) mass is 402 g/mol. The molecule has 0 amide bonds. The first-order valence-electron chi connectivity index (χ1n) is 9.49. The minimum atomic E-state index is -1.05. The van der Waals surface area contributed by atoms with Crippen LogP contribution in [0.1, 0.15) is 51.4 Å². The molecule has 0 aliphatic rings. The van der Waals surface area contributed by atoms with Gasteiger partial charge in [0.2, 0.25) is 0 Å². The van der Waals surface area contributed by atoms with Crippen molar-refractivity contribution in [3.05, 3.63) is 11.6 Å². The second kappa shape index (κ2) is 15.0. The SMILES string of the molecule is NC(CCCC=C(CCC(N)C(=O)O)CNCCCCC(N)C(=O)O)C(=O)O. The minimum Gasteiger partial charge on any atom is -0.480 e. The number of nitrogens with one attached hydrogen (secondary N) is 1. The van der Waals surface area contributed by atoms with E-state index < -0.39 is 36.0 Å². The Morgan fingerprint density at radius 3 is 1.82 bits per heavy atom. The molecule has 0 aromatic rings. The summed E-state index contributed by atoms with van der Waals surface area (Å²) < 4.78 is 0. The van der Waals surface area contributed by atoms with Crippen LogP contribution in [-0.2, 0) is 14.4 Å². The van der Waals surface area contributed by atoms with Gasteiger partial charge in [0.25, 0.3) is 0 Å². The number of carbonyl (C=O) groups is 3. The van der Waals surface area contributed by atoms with Crippen LogP contribution in [0.4, 0.5) is 0 Å². The molecule has 162 valence electrons. The van der Waals surface area contributed by atoms with Crippen molar-refractivity contribution in [3.63, 3.8) is 0 Å². The smallest absolute Gasteiger partial charge is 0.320 e. The summed E-state index contributed by atoms with van der Waals surface area (Å²) in [4.78, 5) is 32.2. The lowest BCUT2D eigenvalue weighted by atomic mass is 10.0. The normalized spacial score (nSPS) is 15.0. The van der Waals surface area contributed by atoms with Crippen molar-refractivity contribution >= 4 is 17.9 Å². The Hall–Kier alpha value is -2.01. The molecule has 28 heavy (non-hydrogen) atoms. The fourth-order valence-electron chi connectivity index (χ4n) is 2.48. The lowest BCUT2D eigenvalue weighted by molar-refractivity contribution is -0.139. The fourth-order valence-corrected chi connectivity index (χ4v) is 2.48. The van der Waals surface area contributed by atoms with E-state index in [1.54, 1.807) is 0 Å². The van der Waals surface area contributed by atoms with Crippen molar-refractivity contribution in [1.29, 1.82) is 0 Å². The Kier molecular flexibility index (Phi) is 13.9. The molecule has 0 saturated carbocycles. The van der Waals surface area contributed by atoms with Crippen molar-refractivity contribution in [2.45, 2.75) is 69.5 Å². The summed E-state index contributed by atoms with van der Waals surface area (Å²) in [7, 11) is 0. The van der Waals surface area contributed by atoms with Gasteiger partial charge in [0.05, 0.1) is 0 Å². The van der Waals surface area contributed by atoms with Gasteiger partial charge in [-0.25, -0.2) is 0 Å². The van der Waals surface area contributed by atoms with Gasteiger partial charge in [0, 0.05) is 6.54 Å². The molecule has 0 saturated heterocycles. The highest BCUT2D eigenvalue weighted by Crippen LogP contribution is 2.10. The number of rotatable bonds is 17. The molecule has 0 aromatic carbocycles. The molecular weight excluding hydrogens is 368 g/mol. The molecule has 3 atom stereocenters. The van der Waals surface area contributed by atoms with Gasteiger partial charge in [-0.05, 0) is 51.5 Å². The number of allylic oxidation sites excluding steroid dienone is 1. The molecular formula is C18H34N4O6. The van der Waals surface area contributed by atoms with Gasteiger partial charge >= 0.3 is 17.9 Å². The highest BCUT2D eigenvalue weighted by Gasteiger charge is 2.13. The lowest BCUT2D eigenvalue weighted by Gasteiger charge is -2.12. The number of carboxylic acid groups (broad SMARTS) is 3. The van der Waals surface area contributed by atoms with Gasteiger partial charge in [0.15, 0.2) is 0 Å². The summed E-state index contributed by atoms with van der Waals surface area (Å²) in [6.45, 7) is 1.24. The largest absolute Gasteiger partial charge is 0.480 e. The molecule has 0 aliphatic heterocycles. The summed E-state index contributed by atoms with van der Waals surface area (Å²) in [6, 6.07) is -2.65. The first-order chi connectivity index (χ1) is 13.1. The highest BCUT2D eigenvalue weighted by atomic mass is 16.4. The van der Waals surface area contributed by atoms with Crippen LogP contribution in [0.15, 0.2) is 11.6 Å². The molecule has 0 aliphatic carbocycles. The van der Waals surface area contributed by atoms with E-state index in [-0.39, 0.29) is 0 Å². The van der Waals surface area contributed by atoms with Gasteiger partial charge in [-0.2, -0.15) is 0 Å². The van der Waals surface area contributed by atoms with Crippen LogP contribution in [0.5, 0.6) is 0 Å². The molecule has 10 heteroatoms. The maximum absolute atomic E-state index is 10.9. The average molecular weight is 402 g/mol. The van der Waals surface area contributed by atoms with Crippen molar-refractivity contribution < 1.29 is 29.7 Å². The highest BCUT2D eigenvalue weighted by molar-refractivity contribution is 5.73. The summed E-state index contributed by atoms with van der Waals surface area (Å²) in [6.07, 6.45) is 6.31. The van der Waals surface area contributed by atoms with Crippen molar-refractivity contribution in [2.24, 2.45) is 17.2 Å². The summed E-state index contributed by atoms with van der Waals surface area (Å²) in [5, 5.41) is 29.6. The molecule has 0 radical (unpaired) electrons. The Bertz CT molecular complexity index is 526. The van der Waals surface area contributed by atoms with Crippen molar-refractivity contribution in [1.82, 2.24) is 5.32 Å². The van der Waals surface area contributed by atoms with E-state index in [1.165, 1.54) is 0 Å². The predicted molar refractivity (Wildman–Crippen MR) is 105 cm³/mol. The van der Waals surface area contributed by atoms with Gasteiger partial charge in [0.1, 0.15) is 18.1 Å². The zero-order chi connectivity index (χ0) is 21.5. The standard InChI is InChI=1S/C18H34N4O6/c19-13(16(23)24)6-2-1-5-12(8-9-15(21)18(27)28)11-22-10-4-3-7-14(20)17(25)26/h5,13-15,22H,1-4,6-11,19-21H2,(H,23,24)(H,25,26)(H,27,28). The quantitative estimate of drug-likeness (QED) is 0.127. The zero-order valence-corrected chi connectivity index (χ0v) is 16.2. The number of hydrogen-bond donors (Lipinski definition) is 7. The first kappa shape index (κ1) is 26.0. The Morgan fingerprint density at radius 1 is 0.786 bits per heavy atom. The van der Waals surface area contributed by atoms with Crippen LogP contribution < -0.4 is 22.5 Å². The van der Waals surface area contributed by atoms with Gasteiger partial charge < -0.3 is 37.8 Å². The number of aliphatic carboxylic acids is 3. The molecule has 10 nitrogen and oxygen atoms in total. The topological polar surface area (TPSA) is 202 Å². The van der Waals surface area contributed by atoms with Gasteiger partial charge in [-0.15, -0.1) is 0 Å². The predicted octanol–water partition coefficient (Wildman–Crippen LogP) is -0.141. The van der Waals surface area contributed by atoms with Crippen LogP contribution in [0.2, 0.25) is 0 Å². The summed E-state index contributed by atoms with van der Waals surface area (Å²) in [5.74, 6) is -3.08. The zero-order valence-electron chi connectivity index (χ0n) is 16.2. The van der Waals surface area contributed by atoms with Crippen LogP contribution in [0.3, 0.4) is 0 Å². The second-order valence-corrected chi connectivity index (χ2v) is 6.84. The van der Waals surface area contributed by atoms with E-state index in [2.05, 4.69) is 5.32 Å². The molecule has 0 rings (SSSR count). The fraction of sp³-hybridized carbons (Fsp3) is 0.722. The Labute approximate surface area is 165 Å². The van der Waals surface area contributed by atoms with E-state index in [0.29, 0.717) is 58.0 Å². The van der Waals surface area contributed by atoms with Crippen molar-refractivity contribution in [2.75, 3.05) is 13.1 Å². The first-order valence-corrected chi connectivity index (χ1v) is 9.49. The maximum Gasteiger partial charge on any atom is 0.320 e. The van der Waals surface area contributed by atoms with Crippen LogP contribution in [0.25, 0.3) is 0 Å². The molecule has 0 fully saturated rings. The van der Waals surface area contributed by atoms with Crippen molar-refractivity contribution in [3.8, 4) is 0 Å². The lowest BCUT2D eigenvalue weighted by Crippen LogP contribution is -2.30. The molecule has 3 unspecified atom stereocenters. The van der Waals surface area contributed by atoms with E-state index in [0.717, 1.165) is 12.0 Å². The molecule has 0 aromatic heterocycles. The number of unbranched alkanes of at least 4 members (excludes halogenated alkanes) is 2. The van der Waals surface area contributed by atoms with E-state index in [9.17, 15) is 14.4 Å². The van der Waals surface area contributed by atoms with Gasteiger partial charge in [-0.3, -0.25) is 14.4 Å². The van der Waals surface area contributed by atoms with Crippen LogP contribution >= 0.6 is 0 Å². The second-order valence-electron chi connectivity index (χ2n) is 6.84. The Balaban J connectivity index is 4.32. The van der Waals surface area contributed by atoms with E-state index in [4.69, 9.17) is 32.5 Å². The number of carboxylic acids is 3. The van der Waals surface area contributed by atoms with E-state index in [1.807, 2.05) is 6.08 Å². The Morgan fingerprint density at radius 2 is 1.29 bits per heavy atom. The number of hydrogen-bond acceptors (Lipinski definition) is 7. The third-order valence-electron chi connectivity index (χ3n) is 4.35. The summed E-state index contributed by atoms with van der Waals surface area (Å²) >= 11 is 0. The molecule has 0 spiro atoms. The van der Waals surface area contributed by atoms with Gasteiger partial charge in [-0.1, -0.05) is 18.1 Å².